The number of amides is 1. The molecule has 26 heavy (non-hydrogen) atoms. The van der Waals surface area contributed by atoms with Gasteiger partial charge in [0.2, 0.25) is 5.91 Å². The van der Waals surface area contributed by atoms with Crippen molar-refractivity contribution in [3.8, 4) is 11.3 Å². The number of piperidine rings is 1. The van der Waals surface area contributed by atoms with Crippen LogP contribution in [0, 0.1) is 12.8 Å². The van der Waals surface area contributed by atoms with E-state index in [0.717, 1.165) is 35.5 Å². The third-order valence-corrected chi connectivity index (χ3v) is 5.87. The zero-order valence-corrected chi connectivity index (χ0v) is 15.7. The van der Waals surface area contributed by atoms with Gasteiger partial charge in [-0.05, 0) is 37.8 Å². The number of rotatable bonds is 3. The van der Waals surface area contributed by atoms with Crippen LogP contribution in [0.25, 0.3) is 21.5 Å². The number of carbonyl (C=O) groups excluding carboxylic acids is 1. The molecule has 0 saturated carbocycles. The Kier molecular flexibility index (Phi) is 4.40. The van der Waals surface area contributed by atoms with Crippen LogP contribution in [0.5, 0.6) is 0 Å². The lowest BCUT2D eigenvalue weighted by atomic mass is 9.98. The fraction of sp³-hybridized carbons (Fsp3) is 0.421. The molecule has 1 aliphatic heterocycles. The molecule has 1 atom stereocenters. The highest BCUT2D eigenvalue weighted by Crippen LogP contribution is 2.31. The van der Waals surface area contributed by atoms with Crippen molar-refractivity contribution in [2.24, 2.45) is 5.92 Å². The minimum absolute atomic E-state index is 0.0414. The molecule has 4 rings (SSSR count). The highest BCUT2D eigenvalue weighted by molar-refractivity contribution is 7.17. The predicted octanol–water partition coefficient (Wildman–Crippen LogP) is 3.28. The van der Waals surface area contributed by atoms with E-state index in [1.807, 2.05) is 29.3 Å². The van der Waals surface area contributed by atoms with E-state index in [2.05, 4.69) is 4.98 Å². The van der Waals surface area contributed by atoms with Crippen LogP contribution in [-0.2, 0) is 11.3 Å². The number of hydrogen-bond acceptors (Lipinski definition) is 5. The average molecular weight is 371 g/mol. The molecule has 7 heteroatoms. The molecule has 6 nitrogen and oxygen atoms in total. The van der Waals surface area contributed by atoms with Gasteiger partial charge >= 0.3 is 0 Å². The minimum atomic E-state index is -0.0414. The highest BCUT2D eigenvalue weighted by Gasteiger charge is 2.23. The molecule has 1 saturated heterocycles. The van der Waals surface area contributed by atoms with E-state index in [1.54, 1.807) is 17.8 Å². The number of hydrogen-bond donors (Lipinski definition) is 0. The molecule has 1 fully saturated rings. The minimum Gasteiger partial charge on any atom is -0.461 e. The Morgan fingerprint density at radius 3 is 3.00 bits per heavy atom. The molecular formula is C19H21N3O3S. The van der Waals surface area contributed by atoms with Crippen LogP contribution in [0.4, 0.5) is 0 Å². The summed E-state index contributed by atoms with van der Waals surface area (Å²) in [7, 11) is 0. The molecule has 136 valence electrons. The van der Waals surface area contributed by atoms with Crippen LogP contribution in [0.1, 0.15) is 25.5 Å². The van der Waals surface area contributed by atoms with Crippen molar-refractivity contribution in [1.29, 1.82) is 0 Å². The largest absolute Gasteiger partial charge is 0.461 e. The number of aryl methyl sites for hydroxylation is 1. The lowest BCUT2D eigenvalue weighted by Crippen LogP contribution is -2.40. The second kappa shape index (κ2) is 6.72. The maximum absolute atomic E-state index is 13.1. The fourth-order valence-electron chi connectivity index (χ4n) is 3.64. The van der Waals surface area contributed by atoms with Gasteiger partial charge in [0.15, 0.2) is 0 Å². The zero-order valence-electron chi connectivity index (χ0n) is 14.9. The standard InChI is InChI=1S/C19H21N3O3S/c1-12-5-6-16(25-12)15-10-26-18-17(15)19(24)22(11-20-18)9-14-4-3-7-21(8-14)13(2)23/h5-6,10-11,14H,3-4,7-9H2,1-2H3. The van der Waals surface area contributed by atoms with Gasteiger partial charge in [-0.3, -0.25) is 14.2 Å². The summed E-state index contributed by atoms with van der Waals surface area (Å²) < 4.78 is 7.39. The first-order chi connectivity index (χ1) is 12.5. The molecule has 1 amide bonds. The Balaban J connectivity index is 1.67. The number of nitrogens with zero attached hydrogens (tertiary/aromatic N) is 3. The van der Waals surface area contributed by atoms with E-state index in [0.29, 0.717) is 24.2 Å². The third kappa shape index (κ3) is 3.07. The summed E-state index contributed by atoms with van der Waals surface area (Å²) in [6.07, 6.45) is 3.62. The summed E-state index contributed by atoms with van der Waals surface area (Å²) in [6.45, 7) is 5.58. The van der Waals surface area contributed by atoms with Crippen LogP contribution in [-0.4, -0.2) is 33.4 Å². The van der Waals surface area contributed by atoms with E-state index >= 15 is 0 Å². The molecule has 3 aromatic heterocycles. The van der Waals surface area contributed by atoms with Crippen molar-refractivity contribution in [2.75, 3.05) is 13.1 Å². The molecule has 1 unspecified atom stereocenters. The summed E-state index contributed by atoms with van der Waals surface area (Å²) in [5, 5.41) is 2.55. The monoisotopic (exact) mass is 371 g/mol. The van der Waals surface area contributed by atoms with Gasteiger partial charge in [0, 0.05) is 37.5 Å². The molecule has 4 heterocycles. The molecule has 1 aliphatic rings. The topological polar surface area (TPSA) is 68.3 Å². The zero-order chi connectivity index (χ0) is 18.3. The van der Waals surface area contributed by atoms with Crippen LogP contribution in [0.15, 0.2) is 33.1 Å². The Labute approximate surface area is 155 Å². The quantitative estimate of drug-likeness (QED) is 0.708. The van der Waals surface area contributed by atoms with Gasteiger partial charge in [0.1, 0.15) is 16.4 Å². The van der Waals surface area contributed by atoms with Gasteiger partial charge in [-0.15, -0.1) is 11.3 Å². The molecule has 0 bridgehead atoms. The van der Waals surface area contributed by atoms with Crippen LogP contribution in [0.2, 0.25) is 0 Å². The molecule has 0 aliphatic carbocycles. The number of likely N-dealkylation sites (tertiary alicyclic amines) is 1. The van der Waals surface area contributed by atoms with Crippen molar-refractivity contribution < 1.29 is 9.21 Å². The first-order valence-corrected chi connectivity index (χ1v) is 9.70. The van der Waals surface area contributed by atoms with E-state index in [-0.39, 0.29) is 17.4 Å². The second-order valence-corrected chi connectivity index (χ2v) is 7.77. The van der Waals surface area contributed by atoms with Crippen molar-refractivity contribution in [2.45, 2.75) is 33.2 Å². The molecule has 0 radical (unpaired) electrons. The van der Waals surface area contributed by atoms with E-state index in [1.165, 1.54) is 11.3 Å². The predicted molar refractivity (Wildman–Crippen MR) is 101 cm³/mol. The van der Waals surface area contributed by atoms with Crippen molar-refractivity contribution in [3.05, 3.63) is 40.0 Å². The Morgan fingerprint density at radius 1 is 1.42 bits per heavy atom. The first kappa shape index (κ1) is 17.0. The molecule has 0 spiro atoms. The lowest BCUT2D eigenvalue weighted by molar-refractivity contribution is -0.130. The van der Waals surface area contributed by atoms with Crippen LogP contribution in [0.3, 0.4) is 0 Å². The van der Waals surface area contributed by atoms with E-state index in [4.69, 9.17) is 4.42 Å². The number of furan rings is 1. The van der Waals surface area contributed by atoms with Crippen LogP contribution >= 0.6 is 11.3 Å². The van der Waals surface area contributed by atoms with Gasteiger partial charge in [-0.2, -0.15) is 0 Å². The Bertz CT molecular complexity index is 1020. The van der Waals surface area contributed by atoms with Crippen molar-refractivity contribution in [3.63, 3.8) is 0 Å². The van der Waals surface area contributed by atoms with E-state index in [9.17, 15) is 9.59 Å². The summed E-state index contributed by atoms with van der Waals surface area (Å²) >= 11 is 1.45. The summed E-state index contributed by atoms with van der Waals surface area (Å²) in [6, 6.07) is 3.78. The lowest BCUT2D eigenvalue weighted by Gasteiger charge is -2.32. The third-order valence-electron chi connectivity index (χ3n) is 4.99. The van der Waals surface area contributed by atoms with Gasteiger partial charge < -0.3 is 9.32 Å². The van der Waals surface area contributed by atoms with E-state index < -0.39 is 0 Å². The number of fused-ring (bicyclic) bond motifs is 1. The van der Waals surface area contributed by atoms with Gasteiger partial charge in [-0.1, -0.05) is 0 Å². The maximum atomic E-state index is 13.1. The summed E-state index contributed by atoms with van der Waals surface area (Å²) in [4.78, 5) is 31.8. The average Bonchev–Trinajstić information content (AvgIpc) is 3.24. The van der Waals surface area contributed by atoms with Gasteiger partial charge in [0.25, 0.3) is 5.56 Å². The molecule has 0 N–H and O–H groups in total. The number of aromatic nitrogens is 2. The van der Waals surface area contributed by atoms with Crippen LogP contribution < -0.4 is 5.56 Å². The smallest absolute Gasteiger partial charge is 0.262 e. The van der Waals surface area contributed by atoms with Crippen molar-refractivity contribution >= 4 is 27.5 Å². The first-order valence-electron chi connectivity index (χ1n) is 8.82. The summed E-state index contributed by atoms with van der Waals surface area (Å²) in [5.41, 5.74) is 0.763. The molecule has 3 aromatic rings. The van der Waals surface area contributed by atoms with Gasteiger partial charge in [-0.25, -0.2) is 4.98 Å². The maximum Gasteiger partial charge on any atom is 0.262 e. The fourth-order valence-corrected chi connectivity index (χ4v) is 4.52. The number of thiophene rings is 1. The highest BCUT2D eigenvalue weighted by atomic mass is 32.1. The van der Waals surface area contributed by atoms with Crippen molar-refractivity contribution in [1.82, 2.24) is 14.5 Å². The molecule has 0 aromatic carbocycles. The van der Waals surface area contributed by atoms with Gasteiger partial charge in [0.05, 0.1) is 11.7 Å². The normalized spacial score (nSPS) is 17.8. The summed E-state index contributed by atoms with van der Waals surface area (Å²) in [5.74, 6) is 1.89. The number of carbonyl (C=O) groups is 1. The SMILES string of the molecule is CC(=O)N1CCCC(Cn2cnc3scc(-c4ccc(C)o4)c3c2=O)C1. The second-order valence-electron chi connectivity index (χ2n) is 6.92. The molecular weight excluding hydrogens is 350 g/mol. The Hall–Kier alpha value is -2.41. The Morgan fingerprint density at radius 2 is 2.27 bits per heavy atom.